The molecule has 0 aliphatic rings. The zero-order valence-electron chi connectivity index (χ0n) is 8.73. The van der Waals surface area contributed by atoms with Crippen molar-refractivity contribution in [3.8, 4) is 0 Å². The lowest BCUT2D eigenvalue weighted by Gasteiger charge is -2.09. The molecule has 15 heavy (non-hydrogen) atoms. The van der Waals surface area contributed by atoms with Gasteiger partial charge >= 0.3 is 0 Å². The minimum absolute atomic E-state index is 0.300. The van der Waals surface area contributed by atoms with E-state index >= 15 is 0 Å². The van der Waals surface area contributed by atoms with Crippen LogP contribution in [0.4, 0.5) is 5.13 Å². The van der Waals surface area contributed by atoms with Crippen LogP contribution >= 0.6 is 22.7 Å². The van der Waals surface area contributed by atoms with Crippen molar-refractivity contribution >= 4 is 27.8 Å². The molecule has 0 aliphatic carbocycles. The van der Waals surface area contributed by atoms with E-state index in [1.54, 1.807) is 22.7 Å². The van der Waals surface area contributed by atoms with Crippen molar-refractivity contribution in [1.29, 1.82) is 0 Å². The highest BCUT2D eigenvalue weighted by molar-refractivity contribution is 7.15. The summed E-state index contributed by atoms with van der Waals surface area (Å²) in [4.78, 5) is 0. The summed E-state index contributed by atoms with van der Waals surface area (Å²) in [5.74, 6) is 0. The number of aromatic nitrogens is 2. The Hall–Kier alpha value is -0.940. The fraction of sp³-hybridized carbons (Fsp3) is 0.400. The molecule has 0 fully saturated rings. The molecule has 0 spiro atoms. The topological polar surface area (TPSA) is 37.8 Å². The highest BCUT2D eigenvalue weighted by atomic mass is 32.1. The number of aryl methyl sites for hydroxylation is 1. The molecule has 0 saturated carbocycles. The van der Waals surface area contributed by atoms with Gasteiger partial charge in [0.25, 0.3) is 0 Å². The van der Waals surface area contributed by atoms with Crippen molar-refractivity contribution in [3.05, 3.63) is 27.4 Å². The molecule has 0 aliphatic heterocycles. The molecule has 0 aromatic carbocycles. The van der Waals surface area contributed by atoms with Gasteiger partial charge < -0.3 is 5.32 Å². The Balaban J connectivity index is 2.02. The van der Waals surface area contributed by atoms with Gasteiger partial charge in [0.2, 0.25) is 5.13 Å². The first-order valence-electron chi connectivity index (χ1n) is 4.90. The molecular formula is C10H13N3S2. The maximum atomic E-state index is 4.10. The Bertz CT molecular complexity index is 408. The van der Waals surface area contributed by atoms with Crippen LogP contribution in [0.25, 0.3) is 0 Å². The van der Waals surface area contributed by atoms with E-state index in [-0.39, 0.29) is 0 Å². The second kappa shape index (κ2) is 4.72. The number of hydrogen-bond acceptors (Lipinski definition) is 5. The summed E-state index contributed by atoms with van der Waals surface area (Å²) in [5.41, 5.74) is 1.30. The van der Waals surface area contributed by atoms with E-state index in [4.69, 9.17) is 0 Å². The Morgan fingerprint density at radius 3 is 2.93 bits per heavy atom. The van der Waals surface area contributed by atoms with Gasteiger partial charge in [-0.3, -0.25) is 0 Å². The summed E-state index contributed by atoms with van der Waals surface area (Å²) < 4.78 is 0. The lowest BCUT2D eigenvalue weighted by molar-refractivity contribution is 0.875. The molecule has 0 saturated heterocycles. The number of anilines is 1. The molecule has 80 valence electrons. The molecule has 2 aromatic rings. The van der Waals surface area contributed by atoms with E-state index in [2.05, 4.69) is 46.2 Å². The maximum Gasteiger partial charge on any atom is 0.206 e. The minimum Gasteiger partial charge on any atom is -0.354 e. The summed E-state index contributed by atoms with van der Waals surface area (Å²) in [5, 5.41) is 17.8. The van der Waals surface area contributed by atoms with Crippen molar-refractivity contribution in [2.75, 3.05) is 5.32 Å². The molecule has 2 heterocycles. The zero-order chi connectivity index (χ0) is 10.7. The summed E-state index contributed by atoms with van der Waals surface area (Å²) in [7, 11) is 0. The van der Waals surface area contributed by atoms with Crippen LogP contribution in [0, 0.1) is 0 Å². The third-order valence-corrected chi connectivity index (χ3v) is 3.85. The monoisotopic (exact) mass is 239 g/mol. The van der Waals surface area contributed by atoms with Crippen molar-refractivity contribution < 1.29 is 0 Å². The molecule has 0 amide bonds. The molecule has 2 aromatic heterocycles. The third-order valence-electron chi connectivity index (χ3n) is 2.15. The van der Waals surface area contributed by atoms with Crippen LogP contribution in [0.1, 0.15) is 30.5 Å². The fourth-order valence-electron chi connectivity index (χ4n) is 1.24. The summed E-state index contributed by atoms with van der Waals surface area (Å²) >= 11 is 3.34. The average Bonchev–Trinajstić information content (AvgIpc) is 2.87. The number of nitrogens with one attached hydrogen (secondary N) is 1. The van der Waals surface area contributed by atoms with Crippen LogP contribution in [0.3, 0.4) is 0 Å². The molecule has 1 unspecified atom stereocenters. The van der Waals surface area contributed by atoms with Crippen molar-refractivity contribution in [1.82, 2.24) is 10.2 Å². The van der Waals surface area contributed by atoms with Crippen molar-refractivity contribution in [2.45, 2.75) is 26.3 Å². The minimum atomic E-state index is 0.300. The molecule has 1 N–H and O–H groups in total. The molecule has 5 heteroatoms. The van der Waals surface area contributed by atoms with Crippen LogP contribution in [0.5, 0.6) is 0 Å². The van der Waals surface area contributed by atoms with E-state index in [9.17, 15) is 0 Å². The summed E-state index contributed by atoms with van der Waals surface area (Å²) in [6, 6.07) is 2.43. The van der Waals surface area contributed by atoms with Gasteiger partial charge in [0.15, 0.2) is 0 Å². The smallest absolute Gasteiger partial charge is 0.206 e. The third kappa shape index (κ3) is 2.54. The first-order chi connectivity index (χ1) is 7.29. The Kier molecular flexibility index (Phi) is 3.33. The van der Waals surface area contributed by atoms with Crippen LogP contribution in [0.15, 0.2) is 16.8 Å². The van der Waals surface area contributed by atoms with E-state index in [0.29, 0.717) is 6.04 Å². The fourth-order valence-corrected chi connectivity index (χ4v) is 2.77. The van der Waals surface area contributed by atoms with Gasteiger partial charge in [-0.05, 0) is 35.7 Å². The lowest BCUT2D eigenvalue weighted by atomic mass is 10.2. The van der Waals surface area contributed by atoms with E-state index in [1.165, 1.54) is 5.56 Å². The molecule has 1 atom stereocenters. The van der Waals surface area contributed by atoms with Gasteiger partial charge in [0, 0.05) is 0 Å². The highest BCUT2D eigenvalue weighted by Crippen LogP contribution is 2.23. The summed E-state index contributed by atoms with van der Waals surface area (Å²) in [6.07, 6.45) is 0.951. The quantitative estimate of drug-likeness (QED) is 0.889. The predicted molar refractivity (Wildman–Crippen MR) is 65.6 cm³/mol. The molecule has 0 bridgehead atoms. The first kappa shape index (κ1) is 10.6. The van der Waals surface area contributed by atoms with Gasteiger partial charge in [0.1, 0.15) is 5.01 Å². The summed E-state index contributed by atoms with van der Waals surface area (Å²) in [6.45, 7) is 4.22. The molecule has 3 nitrogen and oxygen atoms in total. The number of rotatable bonds is 4. The van der Waals surface area contributed by atoms with Crippen LogP contribution in [-0.2, 0) is 6.42 Å². The van der Waals surface area contributed by atoms with E-state index < -0.39 is 0 Å². The SMILES string of the molecule is CCc1nnc(NC(C)c2ccsc2)s1. The molecule has 0 radical (unpaired) electrons. The van der Waals surface area contributed by atoms with Crippen LogP contribution in [-0.4, -0.2) is 10.2 Å². The molecular weight excluding hydrogens is 226 g/mol. The van der Waals surface area contributed by atoms with Crippen molar-refractivity contribution in [3.63, 3.8) is 0 Å². The Labute approximate surface area is 97.2 Å². The van der Waals surface area contributed by atoms with Gasteiger partial charge in [-0.2, -0.15) is 11.3 Å². The standard InChI is InChI=1S/C10H13N3S2/c1-3-9-12-13-10(15-9)11-7(2)8-4-5-14-6-8/h4-7H,3H2,1-2H3,(H,11,13). The lowest BCUT2D eigenvalue weighted by Crippen LogP contribution is -2.04. The van der Waals surface area contributed by atoms with E-state index in [0.717, 1.165) is 16.6 Å². The van der Waals surface area contributed by atoms with Crippen molar-refractivity contribution in [2.24, 2.45) is 0 Å². The highest BCUT2D eigenvalue weighted by Gasteiger charge is 2.08. The second-order valence-electron chi connectivity index (χ2n) is 3.28. The number of thiophene rings is 1. The normalized spacial score (nSPS) is 12.7. The maximum absolute atomic E-state index is 4.10. The zero-order valence-corrected chi connectivity index (χ0v) is 10.4. The number of hydrogen-bond donors (Lipinski definition) is 1. The molecule has 2 rings (SSSR count). The van der Waals surface area contributed by atoms with Gasteiger partial charge in [0.05, 0.1) is 6.04 Å². The van der Waals surface area contributed by atoms with Gasteiger partial charge in [-0.15, -0.1) is 10.2 Å². The Morgan fingerprint density at radius 2 is 2.33 bits per heavy atom. The second-order valence-corrected chi connectivity index (χ2v) is 5.12. The van der Waals surface area contributed by atoms with Crippen LogP contribution in [0.2, 0.25) is 0 Å². The first-order valence-corrected chi connectivity index (χ1v) is 6.66. The van der Waals surface area contributed by atoms with Crippen LogP contribution < -0.4 is 5.32 Å². The Morgan fingerprint density at radius 1 is 1.47 bits per heavy atom. The van der Waals surface area contributed by atoms with E-state index in [1.807, 2.05) is 0 Å². The number of nitrogens with zero attached hydrogens (tertiary/aromatic N) is 2. The average molecular weight is 239 g/mol. The van der Waals surface area contributed by atoms with Gasteiger partial charge in [-0.1, -0.05) is 18.3 Å². The van der Waals surface area contributed by atoms with Gasteiger partial charge in [-0.25, -0.2) is 0 Å². The largest absolute Gasteiger partial charge is 0.354 e. The predicted octanol–water partition coefficient (Wildman–Crippen LogP) is 3.34.